The van der Waals surface area contributed by atoms with Crippen molar-refractivity contribution >= 4 is 22.9 Å². The molecule has 1 saturated carbocycles. The number of hydrogen-bond acceptors (Lipinski definition) is 5. The van der Waals surface area contributed by atoms with Crippen molar-refractivity contribution < 1.29 is 14.3 Å². The molecule has 0 bridgehead atoms. The van der Waals surface area contributed by atoms with Crippen molar-refractivity contribution in [1.82, 2.24) is 4.90 Å². The van der Waals surface area contributed by atoms with E-state index >= 15 is 0 Å². The first-order chi connectivity index (χ1) is 15.8. The number of thiophene rings is 1. The van der Waals surface area contributed by atoms with Gasteiger partial charge in [-0.05, 0) is 69.9 Å². The summed E-state index contributed by atoms with van der Waals surface area (Å²) in [7, 11) is 1.48. The number of carbonyl (C=O) groups excluding carboxylic acids is 1. The topological polar surface area (TPSA) is 38.8 Å². The summed E-state index contributed by atoms with van der Waals surface area (Å²) in [6.45, 7) is 11.2. The lowest BCUT2D eigenvalue weighted by molar-refractivity contribution is 0.0606. The predicted molar refractivity (Wildman–Crippen MR) is 135 cm³/mol. The van der Waals surface area contributed by atoms with Gasteiger partial charge in [0.25, 0.3) is 0 Å². The largest absolute Gasteiger partial charge is 0.465 e. The van der Waals surface area contributed by atoms with Gasteiger partial charge in [-0.15, -0.1) is 11.3 Å². The molecular weight excluding hydrogens is 430 g/mol. The highest BCUT2D eigenvalue weighted by atomic mass is 32.1. The fraction of sp³-hybridized carbons (Fsp3) is 0.679. The van der Waals surface area contributed by atoms with E-state index in [1.54, 1.807) is 5.57 Å². The lowest BCUT2D eigenvalue weighted by Gasteiger charge is -2.36. The molecule has 3 aliphatic rings. The average molecular weight is 470 g/mol. The van der Waals surface area contributed by atoms with Crippen LogP contribution in [0.3, 0.4) is 0 Å². The van der Waals surface area contributed by atoms with Gasteiger partial charge in [0.15, 0.2) is 0 Å². The summed E-state index contributed by atoms with van der Waals surface area (Å²) in [5.74, 6) is 7.71. The molecule has 1 unspecified atom stereocenters. The van der Waals surface area contributed by atoms with Crippen LogP contribution in [0, 0.1) is 29.1 Å². The van der Waals surface area contributed by atoms with Crippen LogP contribution in [0.5, 0.6) is 0 Å². The molecule has 33 heavy (non-hydrogen) atoms. The monoisotopic (exact) mass is 469 g/mol. The molecule has 1 aliphatic carbocycles. The summed E-state index contributed by atoms with van der Waals surface area (Å²) < 4.78 is 10.8. The zero-order valence-electron chi connectivity index (χ0n) is 20.8. The van der Waals surface area contributed by atoms with Gasteiger partial charge in [0.05, 0.1) is 18.6 Å². The summed E-state index contributed by atoms with van der Waals surface area (Å²) in [5.41, 5.74) is 3.95. The fourth-order valence-electron chi connectivity index (χ4n) is 5.41. The SMILES string of the molecule is COC(=O)c1sc(C#CC(C)(C)C)cc1C1=C(C2CCCCC2)CCN(CC2CCOC2)C1. The van der Waals surface area contributed by atoms with Gasteiger partial charge in [-0.25, -0.2) is 4.79 Å². The van der Waals surface area contributed by atoms with E-state index in [-0.39, 0.29) is 11.4 Å². The van der Waals surface area contributed by atoms with E-state index in [9.17, 15) is 4.79 Å². The van der Waals surface area contributed by atoms with Crippen LogP contribution in [-0.2, 0) is 9.47 Å². The molecule has 0 spiro atoms. The maximum absolute atomic E-state index is 12.8. The summed E-state index contributed by atoms with van der Waals surface area (Å²) in [6, 6.07) is 2.16. The molecule has 4 nitrogen and oxygen atoms in total. The molecule has 1 aromatic heterocycles. The second-order valence-corrected chi connectivity index (χ2v) is 12.0. The summed E-state index contributed by atoms with van der Waals surface area (Å²) in [4.78, 5) is 17.1. The molecule has 180 valence electrons. The van der Waals surface area contributed by atoms with Crippen LogP contribution in [0.4, 0.5) is 0 Å². The van der Waals surface area contributed by atoms with Gasteiger partial charge >= 0.3 is 5.97 Å². The van der Waals surface area contributed by atoms with Crippen LogP contribution in [0.1, 0.15) is 85.8 Å². The van der Waals surface area contributed by atoms with Crippen molar-refractivity contribution in [1.29, 1.82) is 0 Å². The number of carbonyl (C=O) groups is 1. The summed E-state index contributed by atoms with van der Waals surface area (Å²) in [6.07, 6.45) is 8.82. The highest BCUT2D eigenvalue weighted by Gasteiger charge is 2.31. The van der Waals surface area contributed by atoms with Gasteiger partial charge in [-0.3, -0.25) is 4.90 Å². The maximum Gasteiger partial charge on any atom is 0.348 e. The van der Waals surface area contributed by atoms with E-state index in [1.165, 1.54) is 56.1 Å². The van der Waals surface area contributed by atoms with Crippen molar-refractivity contribution in [2.75, 3.05) is 40.0 Å². The standard InChI is InChI=1S/C28H39NO3S/c1-28(2,3)13-10-22-16-24(26(33-22)27(30)31-4)25-18-29(17-20-12-15-32-19-20)14-11-23(25)21-8-6-5-7-9-21/h16,20-21H,5-9,11-12,14-15,17-19H2,1-4H3. The Hall–Kier alpha value is -1.61. The first kappa shape index (κ1) is 24.5. The molecule has 1 saturated heterocycles. The first-order valence-corrected chi connectivity index (χ1v) is 13.4. The zero-order chi connectivity index (χ0) is 23.4. The molecule has 0 aromatic carbocycles. The summed E-state index contributed by atoms with van der Waals surface area (Å²) >= 11 is 1.49. The number of rotatable bonds is 5. The van der Waals surface area contributed by atoms with Gasteiger partial charge in [0, 0.05) is 37.2 Å². The number of methoxy groups -OCH3 is 1. The Bertz CT molecular complexity index is 931. The molecule has 2 aliphatic heterocycles. The minimum Gasteiger partial charge on any atom is -0.465 e. The number of esters is 1. The quantitative estimate of drug-likeness (QED) is 0.391. The van der Waals surface area contributed by atoms with Crippen molar-refractivity contribution in [3.8, 4) is 11.8 Å². The highest BCUT2D eigenvalue weighted by Crippen LogP contribution is 2.41. The third-order valence-corrected chi connectivity index (χ3v) is 8.12. The second kappa shape index (κ2) is 10.8. The van der Waals surface area contributed by atoms with Crippen molar-refractivity contribution in [2.24, 2.45) is 17.3 Å². The lowest BCUT2D eigenvalue weighted by Crippen LogP contribution is -2.37. The van der Waals surface area contributed by atoms with E-state index in [0.717, 1.165) is 56.1 Å². The van der Waals surface area contributed by atoms with Gasteiger partial charge in [0.2, 0.25) is 0 Å². The van der Waals surface area contributed by atoms with E-state index in [4.69, 9.17) is 9.47 Å². The Labute approximate surface area is 203 Å². The van der Waals surface area contributed by atoms with Gasteiger partial charge in [-0.1, -0.05) is 36.7 Å². The molecule has 0 amide bonds. The lowest BCUT2D eigenvalue weighted by atomic mass is 9.77. The molecule has 0 radical (unpaired) electrons. The van der Waals surface area contributed by atoms with Crippen LogP contribution in [0.15, 0.2) is 11.6 Å². The van der Waals surface area contributed by atoms with E-state index in [0.29, 0.717) is 16.7 Å². The normalized spacial score (nSPS) is 22.8. The van der Waals surface area contributed by atoms with Crippen LogP contribution in [0.2, 0.25) is 0 Å². The average Bonchev–Trinajstić information content (AvgIpc) is 3.47. The minimum absolute atomic E-state index is 0.0763. The molecular formula is C28H39NO3S. The predicted octanol–water partition coefficient (Wildman–Crippen LogP) is 6.01. The third-order valence-electron chi connectivity index (χ3n) is 7.09. The third kappa shape index (κ3) is 6.29. The molecule has 5 heteroatoms. The van der Waals surface area contributed by atoms with E-state index in [2.05, 4.69) is 43.6 Å². The van der Waals surface area contributed by atoms with Crippen LogP contribution in [-0.4, -0.2) is 50.8 Å². The van der Waals surface area contributed by atoms with E-state index in [1.807, 2.05) is 0 Å². The number of hydrogen-bond donors (Lipinski definition) is 0. The van der Waals surface area contributed by atoms with Crippen molar-refractivity contribution in [2.45, 2.75) is 65.7 Å². The van der Waals surface area contributed by atoms with Crippen molar-refractivity contribution in [3.05, 3.63) is 27.0 Å². The molecule has 2 fully saturated rings. The molecule has 1 atom stereocenters. The van der Waals surface area contributed by atoms with Gasteiger partial charge < -0.3 is 9.47 Å². The van der Waals surface area contributed by atoms with Crippen LogP contribution >= 0.6 is 11.3 Å². The molecule has 0 N–H and O–H groups in total. The number of ether oxygens (including phenoxy) is 2. The van der Waals surface area contributed by atoms with Gasteiger partial charge in [0.1, 0.15) is 4.88 Å². The zero-order valence-corrected chi connectivity index (χ0v) is 21.6. The maximum atomic E-state index is 12.8. The Kier molecular flexibility index (Phi) is 7.99. The Morgan fingerprint density at radius 3 is 2.70 bits per heavy atom. The van der Waals surface area contributed by atoms with Gasteiger partial charge in [-0.2, -0.15) is 0 Å². The fourth-order valence-corrected chi connectivity index (χ4v) is 6.37. The Morgan fingerprint density at radius 1 is 1.24 bits per heavy atom. The number of nitrogens with zero attached hydrogens (tertiary/aromatic N) is 1. The highest BCUT2D eigenvalue weighted by molar-refractivity contribution is 7.14. The van der Waals surface area contributed by atoms with Crippen molar-refractivity contribution in [3.63, 3.8) is 0 Å². The summed E-state index contributed by atoms with van der Waals surface area (Å²) in [5, 5.41) is 0. The molecule has 4 rings (SSSR count). The Balaban J connectivity index is 1.72. The van der Waals surface area contributed by atoms with Crippen LogP contribution < -0.4 is 0 Å². The Morgan fingerprint density at radius 2 is 2.03 bits per heavy atom. The second-order valence-electron chi connectivity index (χ2n) is 10.9. The molecule has 1 aromatic rings. The minimum atomic E-state index is -0.240. The smallest absolute Gasteiger partial charge is 0.348 e. The van der Waals surface area contributed by atoms with Crippen LogP contribution in [0.25, 0.3) is 5.57 Å². The first-order valence-electron chi connectivity index (χ1n) is 12.6. The molecule has 3 heterocycles. The van der Waals surface area contributed by atoms with E-state index < -0.39 is 0 Å².